The minimum Gasteiger partial charge on any atom is -0.339 e. The average molecular weight is 234 g/mol. The van der Waals surface area contributed by atoms with E-state index in [9.17, 15) is 4.79 Å². The number of hydrogen-bond donors (Lipinski definition) is 1. The first kappa shape index (κ1) is 13.7. The molecule has 0 saturated carbocycles. The van der Waals surface area contributed by atoms with Crippen LogP contribution in [0.4, 0.5) is 0 Å². The van der Waals surface area contributed by atoms with E-state index in [-0.39, 0.29) is 11.9 Å². The lowest BCUT2D eigenvalue weighted by Crippen LogP contribution is -2.38. The fourth-order valence-corrected chi connectivity index (χ4v) is 1.62. The maximum absolute atomic E-state index is 12.2. The van der Waals surface area contributed by atoms with Crippen LogP contribution in [0.1, 0.15) is 36.7 Å². The lowest BCUT2D eigenvalue weighted by atomic mass is 10.0. The zero-order valence-electron chi connectivity index (χ0n) is 11.1. The quantitative estimate of drug-likeness (QED) is 0.868. The molecule has 0 heterocycles. The van der Waals surface area contributed by atoms with Crippen LogP contribution in [0.25, 0.3) is 0 Å². The Balaban J connectivity index is 2.81. The van der Waals surface area contributed by atoms with E-state index in [2.05, 4.69) is 20.8 Å². The number of carbonyl (C=O) groups excluding carboxylic acids is 1. The molecule has 0 saturated heterocycles. The Morgan fingerprint density at radius 2 is 1.76 bits per heavy atom. The zero-order valence-corrected chi connectivity index (χ0v) is 11.1. The van der Waals surface area contributed by atoms with Crippen LogP contribution < -0.4 is 5.73 Å². The van der Waals surface area contributed by atoms with Gasteiger partial charge in [0.1, 0.15) is 0 Å². The Morgan fingerprint density at radius 3 is 2.18 bits per heavy atom. The van der Waals surface area contributed by atoms with Crippen LogP contribution in [-0.4, -0.2) is 23.9 Å². The van der Waals surface area contributed by atoms with Gasteiger partial charge in [-0.3, -0.25) is 4.79 Å². The summed E-state index contributed by atoms with van der Waals surface area (Å²) in [6.07, 6.45) is 0. The van der Waals surface area contributed by atoms with Crippen molar-refractivity contribution in [1.29, 1.82) is 0 Å². The second-order valence-corrected chi connectivity index (χ2v) is 4.80. The van der Waals surface area contributed by atoms with Crippen molar-refractivity contribution in [2.45, 2.75) is 33.4 Å². The second kappa shape index (κ2) is 5.82. The van der Waals surface area contributed by atoms with Gasteiger partial charge in [0.2, 0.25) is 0 Å². The molecule has 1 aromatic rings. The first-order valence-electron chi connectivity index (χ1n) is 6.03. The van der Waals surface area contributed by atoms with Gasteiger partial charge < -0.3 is 10.6 Å². The van der Waals surface area contributed by atoms with Crippen molar-refractivity contribution >= 4 is 5.91 Å². The maximum Gasteiger partial charge on any atom is 0.253 e. The van der Waals surface area contributed by atoms with Gasteiger partial charge >= 0.3 is 0 Å². The van der Waals surface area contributed by atoms with Crippen LogP contribution in [-0.2, 0) is 6.54 Å². The van der Waals surface area contributed by atoms with Gasteiger partial charge in [-0.1, -0.05) is 26.0 Å². The van der Waals surface area contributed by atoms with E-state index in [1.165, 1.54) is 0 Å². The molecule has 0 aliphatic heterocycles. The summed E-state index contributed by atoms with van der Waals surface area (Å²) in [5.74, 6) is 0.516. The van der Waals surface area contributed by atoms with Gasteiger partial charge in [-0.2, -0.15) is 0 Å². The van der Waals surface area contributed by atoms with Gasteiger partial charge in [0.05, 0.1) is 0 Å². The average Bonchev–Trinajstić information content (AvgIpc) is 2.36. The van der Waals surface area contributed by atoms with E-state index in [0.717, 1.165) is 11.1 Å². The fraction of sp³-hybridized carbons (Fsp3) is 0.500. The Bertz CT molecular complexity index is 370. The number of carbonyl (C=O) groups is 1. The van der Waals surface area contributed by atoms with Crippen molar-refractivity contribution in [2.75, 3.05) is 7.05 Å². The maximum atomic E-state index is 12.2. The molecule has 0 aliphatic rings. The largest absolute Gasteiger partial charge is 0.339 e. The Kier molecular flexibility index (Phi) is 4.70. The van der Waals surface area contributed by atoms with E-state index in [0.29, 0.717) is 12.5 Å². The minimum absolute atomic E-state index is 0.0646. The van der Waals surface area contributed by atoms with Crippen molar-refractivity contribution in [2.24, 2.45) is 11.7 Å². The van der Waals surface area contributed by atoms with Crippen LogP contribution in [0.5, 0.6) is 0 Å². The predicted octanol–water partition coefficient (Wildman–Crippen LogP) is 2.26. The minimum atomic E-state index is 0.0646. The molecule has 0 fully saturated rings. The van der Waals surface area contributed by atoms with Crippen molar-refractivity contribution < 1.29 is 4.79 Å². The number of amides is 1. The van der Waals surface area contributed by atoms with Gasteiger partial charge in [0, 0.05) is 25.2 Å². The topological polar surface area (TPSA) is 46.3 Å². The summed E-state index contributed by atoms with van der Waals surface area (Å²) in [6.45, 7) is 6.81. The summed E-state index contributed by atoms with van der Waals surface area (Å²) in [4.78, 5) is 14.0. The smallest absolute Gasteiger partial charge is 0.253 e. The number of hydrogen-bond acceptors (Lipinski definition) is 2. The SMILES string of the molecule is CC(C)C(C)N(C)C(=O)c1ccc(CN)cc1. The lowest BCUT2D eigenvalue weighted by Gasteiger charge is -2.28. The molecule has 17 heavy (non-hydrogen) atoms. The second-order valence-electron chi connectivity index (χ2n) is 4.80. The molecule has 0 aromatic heterocycles. The van der Waals surface area contributed by atoms with Crippen LogP contribution >= 0.6 is 0 Å². The van der Waals surface area contributed by atoms with E-state index >= 15 is 0 Å². The predicted molar refractivity (Wildman–Crippen MR) is 70.7 cm³/mol. The number of benzene rings is 1. The summed E-state index contributed by atoms with van der Waals surface area (Å²) >= 11 is 0. The molecule has 3 heteroatoms. The van der Waals surface area contributed by atoms with E-state index < -0.39 is 0 Å². The standard InChI is InChI=1S/C14H22N2O/c1-10(2)11(3)16(4)14(17)13-7-5-12(9-15)6-8-13/h5-8,10-11H,9,15H2,1-4H3. The van der Waals surface area contributed by atoms with Crippen LogP contribution in [0.15, 0.2) is 24.3 Å². The van der Waals surface area contributed by atoms with E-state index in [1.54, 1.807) is 4.90 Å². The monoisotopic (exact) mass is 234 g/mol. The molecular weight excluding hydrogens is 212 g/mol. The van der Waals surface area contributed by atoms with Crippen molar-refractivity contribution in [3.05, 3.63) is 35.4 Å². The highest BCUT2D eigenvalue weighted by Gasteiger charge is 2.19. The zero-order chi connectivity index (χ0) is 13.0. The van der Waals surface area contributed by atoms with E-state index in [4.69, 9.17) is 5.73 Å². The highest BCUT2D eigenvalue weighted by Crippen LogP contribution is 2.13. The molecule has 1 atom stereocenters. The molecule has 1 aromatic carbocycles. The Morgan fingerprint density at radius 1 is 1.24 bits per heavy atom. The number of rotatable bonds is 4. The molecule has 1 amide bonds. The van der Waals surface area contributed by atoms with Crippen LogP contribution in [0, 0.1) is 5.92 Å². The van der Waals surface area contributed by atoms with Gasteiger partial charge in [-0.25, -0.2) is 0 Å². The molecule has 94 valence electrons. The molecule has 0 bridgehead atoms. The summed E-state index contributed by atoms with van der Waals surface area (Å²) in [5.41, 5.74) is 7.29. The molecule has 0 spiro atoms. The summed E-state index contributed by atoms with van der Waals surface area (Å²) in [6, 6.07) is 7.72. The third-order valence-electron chi connectivity index (χ3n) is 3.33. The summed E-state index contributed by atoms with van der Waals surface area (Å²) in [5, 5.41) is 0. The van der Waals surface area contributed by atoms with Crippen molar-refractivity contribution in [3.8, 4) is 0 Å². The molecule has 0 aliphatic carbocycles. The van der Waals surface area contributed by atoms with Crippen molar-refractivity contribution in [1.82, 2.24) is 4.90 Å². The fourth-order valence-electron chi connectivity index (χ4n) is 1.62. The third-order valence-corrected chi connectivity index (χ3v) is 3.33. The highest BCUT2D eigenvalue weighted by atomic mass is 16.2. The van der Waals surface area contributed by atoms with Crippen molar-refractivity contribution in [3.63, 3.8) is 0 Å². The molecule has 0 radical (unpaired) electrons. The lowest BCUT2D eigenvalue weighted by molar-refractivity contribution is 0.0707. The van der Waals surface area contributed by atoms with Crippen LogP contribution in [0.3, 0.4) is 0 Å². The normalized spacial score (nSPS) is 12.6. The van der Waals surface area contributed by atoms with Gasteiger partial charge in [-0.15, -0.1) is 0 Å². The summed E-state index contributed by atoms with van der Waals surface area (Å²) in [7, 11) is 1.85. The highest BCUT2D eigenvalue weighted by molar-refractivity contribution is 5.94. The van der Waals surface area contributed by atoms with Crippen LogP contribution in [0.2, 0.25) is 0 Å². The third kappa shape index (κ3) is 3.30. The molecule has 1 rings (SSSR count). The van der Waals surface area contributed by atoms with Gasteiger partial charge in [0.25, 0.3) is 5.91 Å². The molecule has 3 nitrogen and oxygen atoms in total. The Labute approximate surface area is 104 Å². The molecule has 2 N–H and O–H groups in total. The molecule has 1 unspecified atom stereocenters. The van der Waals surface area contributed by atoms with E-state index in [1.807, 2.05) is 31.3 Å². The Hall–Kier alpha value is -1.35. The first-order valence-corrected chi connectivity index (χ1v) is 6.03. The number of nitrogens with zero attached hydrogens (tertiary/aromatic N) is 1. The molecular formula is C14H22N2O. The number of nitrogens with two attached hydrogens (primary N) is 1. The summed E-state index contributed by atoms with van der Waals surface area (Å²) < 4.78 is 0. The van der Waals surface area contributed by atoms with Gasteiger partial charge in [0.15, 0.2) is 0 Å². The first-order chi connectivity index (χ1) is 7.97. The van der Waals surface area contributed by atoms with Gasteiger partial charge in [-0.05, 0) is 30.5 Å².